The van der Waals surface area contributed by atoms with Crippen molar-refractivity contribution < 1.29 is 0 Å². The number of likely N-dealkylation sites (N-methyl/N-ethyl adjacent to an activating group) is 1. The summed E-state index contributed by atoms with van der Waals surface area (Å²) in [6, 6.07) is 0.680. The second-order valence-electron chi connectivity index (χ2n) is 5.03. The summed E-state index contributed by atoms with van der Waals surface area (Å²) in [6.45, 7) is 6.24. The van der Waals surface area contributed by atoms with Crippen LogP contribution in [0, 0.1) is 0 Å². The Labute approximate surface area is 113 Å². The molecule has 1 N–H and O–H groups in total. The van der Waals surface area contributed by atoms with Crippen LogP contribution in [0.15, 0.2) is 0 Å². The first-order valence-electron chi connectivity index (χ1n) is 6.64. The van der Waals surface area contributed by atoms with Gasteiger partial charge in [-0.1, -0.05) is 11.3 Å². The smallest absolute Gasteiger partial charge is 0.205 e. The Balaban J connectivity index is 1.87. The quantitative estimate of drug-likeness (QED) is 0.877. The highest BCUT2D eigenvalue weighted by atomic mass is 32.1. The Morgan fingerprint density at radius 1 is 1.44 bits per heavy atom. The standard InChI is InChI=1S/C12H23N5S/c1-4-13-12-15-14-11(18-12)9-17-7-5-6-10(8-17)16(2)3/h10H,4-9H2,1-3H3,(H,13,15). The molecule has 1 aliphatic rings. The number of nitrogens with one attached hydrogen (secondary N) is 1. The predicted octanol–water partition coefficient (Wildman–Crippen LogP) is 1.50. The minimum Gasteiger partial charge on any atom is -0.360 e. The molecule has 18 heavy (non-hydrogen) atoms. The van der Waals surface area contributed by atoms with E-state index in [2.05, 4.69) is 46.3 Å². The van der Waals surface area contributed by atoms with E-state index in [1.807, 2.05) is 0 Å². The summed E-state index contributed by atoms with van der Waals surface area (Å²) in [5.74, 6) is 0. The van der Waals surface area contributed by atoms with Crippen LogP contribution in [-0.2, 0) is 6.54 Å². The number of nitrogens with zero attached hydrogens (tertiary/aromatic N) is 4. The third-order valence-corrected chi connectivity index (χ3v) is 4.23. The van der Waals surface area contributed by atoms with Crippen molar-refractivity contribution in [3.63, 3.8) is 0 Å². The molecule has 1 saturated heterocycles. The normalized spacial score (nSPS) is 21.4. The molecule has 0 saturated carbocycles. The van der Waals surface area contributed by atoms with Crippen LogP contribution >= 0.6 is 11.3 Å². The van der Waals surface area contributed by atoms with Gasteiger partial charge in [-0.15, -0.1) is 10.2 Å². The van der Waals surface area contributed by atoms with Crippen molar-refractivity contribution in [2.24, 2.45) is 0 Å². The molecular formula is C12H23N5S. The van der Waals surface area contributed by atoms with E-state index in [9.17, 15) is 0 Å². The van der Waals surface area contributed by atoms with Crippen LogP contribution in [0.5, 0.6) is 0 Å². The second kappa shape index (κ2) is 6.45. The Morgan fingerprint density at radius 2 is 2.28 bits per heavy atom. The molecule has 0 spiro atoms. The molecule has 5 nitrogen and oxygen atoms in total. The van der Waals surface area contributed by atoms with Crippen molar-refractivity contribution in [3.8, 4) is 0 Å². The first-order chi connectivity index (χ1) is 8.69. The molecule has 2 heterocycles. The van der Waals surface area contributed by atoms with E-state index < -0.39 is 0 Å². The first kappa shape index (κ1) is 13.7. The van der Waals surface area contributed by atoms with Gasteiger partial charge in [-0.3, -0.25) is 4.90 Å². The number of aromatic nitrogens is 2. The number of hydrogen-bond donors (Lipinski definition) is 1. The molecule has 0 amide bonds. The summed E-state index contributed by atoms with van der Waals surface area (Å²) in [5, 5.41) is 13.7. The van der Waals surface area contributed by atoms with Crippen LogP contribution in [-0.4, -0.2) is 59.8 Å². The topological polar surface area (TPSA) is 44.3 Å². The molecule has 1 aromatic heterocycles. The highest BCUT2D eigenvalue weighted by Gasteiger charge is 2.22. The van der Waals surface area contributed by atoms with Crippen molar-refractivity contribution in [3.05, 3.63) is 5.01 Å². The van der Waals surface area contributed by atoms with Gasteiger partial charge in [0.2, 0.25) is 5.13 Å². The maximum absolute atomic E-state index is 4.25. The zero-order valence-electron chi connectivity index (χ0n) is 11.5. The van der Waals surface area contributed by atoms with Crippen LogP contribution in [0.2, 0.25) is 0 Å². The van der Waals surface area contributed by atoms with Gasteiger partial charge in [-0.25, -0.2) is 0 Å². The van der Waals surface area contributed by atoms with Crippen LogP contribution < -0.4 is 5.32 Å². The largest absolute Gasteiger partial charge is 0.360 e. The van der Waals surface area contributed by atoms with Crippen molar-refractivity contribution in [2.75, 3.05) is 39.0 Å². The molecule has 0 aromatic carbocycles. The maximum Gasteiger partial charge on any atom is 0.205 e. The molecule has 6 heteroatoms. The molecular weight excluding hydrogens is 246 g/mol. The summed E-state index contributed by atoms with van der Waals surface area (Å²) in [6.07, 6.45) is 2.59. The highest BCUT2D eigenvalue weighted by molar-refractivity contribution is 7.15. The van der Waals surface area contributed by atoms with Gasteiger partial charge in [-0.2, -0.15) is 0 Å². The average Bonchev–Trinajstić information content (AvgIpc) is 2.77. The number of hydrogen-bond acceptors (Lipinski definition) is 6. The lowest BCUT2D eigenvalue weighted by Gasteiger charge is -2.35. The number of anilines is 1. The first-order valence-corrected chi connectivity index (χ1v) is 7.45. The summed E-state index contributed by atoms with van der Waals surface area (Å²) < 4.78 is 0. The van der Waals surface area contributed by atoms with Crippen LogP contribution in [0.1, 0.15) is 24.8 Å². The van der Waals surface area contributed by atoms with Gasteiger partial charge in [0, 0.05) is 19.1 Å². The van der Waals surface area contributed by atoms with E-state index in [1.54, 1.807) is 11.3 Å². The summed E-state index contributed by atoms with van der Waals surface area (Å²) in [5.41, 5.74) is 0. The van der Waals surface area contributed by atoms with E-state index in [0.29, 0.717) is 6.04 Å². The van der Waals surface area contributed by atoms with Crippen molar-refractivity contribution >= 4 is 16.5 Å². The van der Waals surface area contributed by atoms with Gasteiger partial charge < -0.3 is 10.2 Å². The molecule has 0 radical (unpaired) electrons. The Hall–Kier alpha value is -0.720. The Kier molecular flexibility index (Phi) is 4.91. The van der Waals surface area contributed by atoms with E-state index in [-0.39, 0.29) is 0 Å². The zero-order chi connectivity index (χ0) is 13.0. The molecule has 1 aliphatic heterocycles. The average molecular weight is 269 g/mol. The number of piperidine rings is 1. The van der Waals surface area contributed by atoms with Crippen LogP contribution in [0.3, 0.4) is 0 Å². The van der Waals surface area contributed by atoms with E-state index in [0.717, 1.165) is 29.8 Å². The molecule has 2 rings (SSSR count). The lowest BCUT2D eigenvalue weighted by molar-refractivity contribution is 0.127. The zero-order valence-corrected chi connectivity index (χ0v) is 12.3. The predicted molar refractivity (Wildman–Crippen MR) is 76.1 cm³/mol. The fraction of sp³-hybridized carbons (Fsp3) is 0.833. The van der Waals surface area contributed by atoms with E-state index in [1.165, 1.54) is 19.4 Å². The number of rotatable bonds is 5. The minimum absolute atomic E-state index is 0.680. The fourth-order valence-electron chi connectivity index (χ4n) is 2.33. The molecule has 0 bridgehead atoms. The molecule has 1 fully saturated rings. The van der Waals surface area contributed by atoms with E-state index in [4.69, 9.17) is 0 Å². The van der Waals surface area contributed by atoms with Gasteiger partial charge in [0.1, 0.15) is 5.01 Å². The van der Waals surface area contributed by atoms with E-state index >= 15 is 0 Å². The molecule has 102 valence electrons. The van der Waals surface area contributed by atoms with Crippen LogP contribution in [0.25, 0.3) is 0 Å². The monoisotopic (exact) mass is 269 g/mol. The Morgan fingerprint density at radius 3 is 3.00 bits per heavy atom. The van der Waals surface area contributed by atoms with Gasteiger partial charge in [0.15, 0.2) is 0 Å². The van der Waals surface area contributed by atoms with Crippen molar-refractivity contribution in [2.45, 2.75) is 32.4 Å². The second-order valence-corrected chi connectivity index (χ2v) is 6.09. The molecule has 1 unspecified atom stereocenters. The summed E-state index contributed by atoms with van der Waals surface area (Å²) in [7, 11) is 4.34. The molecule has 1 atom stereocenters. The summed E-state index contributed by atoms with van der Waals surface area (Å²) in [4.78, 5) is 4.82. The SMILES string of the molecule is CCNc1nnc(CN2CCCC(N(C)C)C2)s1. The third-order valence-electron chi connectivity index (χ3n) is 3.36. The van der Waals surface area contributed by atoms with Gasteiger partial charge >= 0.3 is 0 Å². The maximum atomic E-state index is 4.25. The van der Waals surface area contributed by atoms with Crippen molar-refractivity contribution in [1.29, 1.82) is 0 Å². The third kappa shape index (κ3) is 3.63. The fourth-order valence-corrected chi connectivity index (χ4v) is 3.18. The molecule has 0 aliphatic carbocycles. The van der Waals surface area contributed by atoms with Crippen molar-refractivity contribution in [1.82, 2.24) is 20.0 Å². The van der Waals surface area contributed by atoms with Crippen LogP contribution in [0.4, 0.5) is 5.13 Å². The number of likely N-dealkylation sites (tertiary alicyclic amines) is 1. The minimum atomic E-state index is 0.680. The molecule has 1 aromatic rings. The summed E-state index contributed by atoms with van der Waals surface area (Å²) >= 11 is 1.67. The lowest BCUT2D eigenvalue weighted by atomic mass is 10.1. The Bertz CT molecular complexity index is 365. The van der Waals surface area contributed by atoms with Gasteiger partial charge in [-0.05, 0) is 40.4 Å². The lowest BCUT2D eigenvalue weighted by Crippen LogP contribution is -2.44. The highest BCUT2D eigenvalue weighted by Crippen LogP contribution is 2.20. The van der Waals surface area contributed by atoms with Gasteiger partial charge in [0.25, 0.3) is 0 Å². The van der Waals surface area contributed by atoms with Gasteiger partial charge in [0.05, 0.1) is 6.54 Å².